The molecule has 0 spiro atoms. The van der Waals surface area contributed by atoms with E-state index >= 15 is 0 Å². The molecule has 0 bridgehead atoms. The summed E-state index contributed by atoms with van der Waals surface area (Å²) in [6, 6.07) is 4.64. The van der Waals surface area contributed by atoms with Crippen molar-refractivity contribution in [1.82, 2.24) is 20.0 Å². The fourth-order valence-electron chi connectivity index (χ4n) is 4.57. The highest BCUT2D eigenvalue weighted by Gasteiger charge is 2.40. The van der Waals surface area contributed by atoms with E-state index < -0.39 is 23.9 Å². The summed E-state index contributed by atoms with van der Waals surface area (Å²) in [5, 5.41) is 2.78. The van der Waals surface area contributed by atoms with E-state index in [0.717, 1.165) is 0 Å². The van der Waals surface area contributed by atoms with Gasteiger partial charge in [-0.05, 0) is 26.8 Å². The van der Waals surface area contributed by atoms with Gasteiger partial charge in [0.25, 0.3) is 0 Å². The molecule has 3 rings (SSSR count). The van der Waals surface area contributed by atoms with Crippen LogP contribution in [0.2, 0.25) is 0 Å². The van der Waals surface area contributed by atoms with Crippen LogP contribution < -0.4 is 5.32 Å². The summed E-state index contributed by atoms with van der Waals surface area (Å²) in [6.45, 7) is 7.87. The van der Waals surface area contributed by atoms with Gasteiger partial charge >= 0.3 is 12.0 Å². The van der Waals surface area contributed by atoms with Crippen LogP contribution in [0.4, 0.5) is 9.18 Å². The van der Waals surface area contributed by atoms with Crippen molar-refractivity contribution in [2.45, 2.75) is 32.9 Å². The van der Waals surface area contributed by atoms with Gasteiger partial charge in [0.1, 0.15) is 12.4 Å². The van der Waals surface area contributed by atoms with Gasteiger partial charge in [-0.3, -0.25) is 14.6 Å². The molecule has 1 saturated heterocycles. The van der Waals surface area contributed by atoms with Crippen LogP contribution in [0.5, 0.6) is 0 Å². The lowest BCUT2D eigenvalue weighted by Crippen LogP contribution is -2.57. The fourth-order valence-corrected chi connectivity index (χ4v) is 4.57. The predicted octanol–water partition coefficient (Wildman–Crippen LogP) is 1.91. The molecular weight excluding hydrogens is 443 g/mol. The summed E-state index contributed by atoms with van der Waals surface area (Å²) in [5.74, 6) is -1.18. The molecule has 0 saturated carbocycles. The summed E-state index contributed by atoms with van der Waals surface area (Å²) >= 11 is 0. The summed E-state index contributed by atoms with van der Waals surface area (Å²) in [6.07, 6.45) is 0. The number of urea groups is 1. The standard InChI is InChI=1S/C24H33FN4O5/c1-5-28-19(14-27-11-12-29(16(3)13-27)20(30)15-33-4)21(23(31)34-6-2)22(26-24(28)32)17-9-7-8-10-18(17)25/h7-10,16,22H,5-6,11-15H2,1-4H3,(H,26,32). The number of hydrogen-bond acceptors (Lipinski definition) is 6. The Balaban J connectivity index is 1.98. The van der Waals surface area contributed by atoms with Crippen molar-refractivity contribution in [2.75, 3.05) is 53.0 Å². The van der Waals surface area contributed by atoms with E-state index in [0.29, 0.717) is 31.9 Å². The number of piperazine rings is 1. The highest BCUT2D eigenvalue weighted by atomic mass is 19.1. The molecule has 186 valence electrons. The average molecular weight is 477 g/mol. The molecule has 9 nitrogen and oxygen atoms in total. The predicted molar refractivity (Wildman–Crippen MR) is 123 cm³/mol. The van der Waals surface area contributed by atoms with Crippen molar-refractivity contribution in [3.05, 3.63) is 46.9 Å². The Labute approximate surface area is 199 Å². The van der Waals surface area contributed by atoms with E-state index in [2.05, 4.69) is 10.2 Å². The maximum absolute atomic E-state index is 14.7. The third kappa shape index (κ3) is 5.39. The van der Waals surface area contributed by atoms with Crippen molar-refractivity contribution >= 4 is 17.9 Å². The lowest BCUT2D eigenvalue weighted by molar-refractivity contribution is -0.139. The highest BCUT2D eigenvalue weighted by Crippen LogP contribution is 2.33. The van der Waals surface area contributed by atoms with Gasteiger partial charge < -0.3 is 19.7 Å². The van der Waals surface area contributed by atoms with Crippen LogP contribution >= 0.6 is 0 Å². The summed E-state index contributed by atoms with van der Waals surface area (Å²) < 4.78 is 25.0. The minimum Gasteiger partial charge on any atom is -0.463 e. The Morgan fingerprint density at radius 2 is 1.94 bits per heavy atom. The molecule has 1 fully saturated rings. The van der Waals surface area contributed by atoms with E-state index in [4.69, 9.17) is 9.47 Å². The fraction of sp³-hybridized carbons (Fsp3) is 0.542. The number of carbonyl (C=O) groups is 3. The number of amides is 3. The second-order valence-electron chi connectivity index (χ2n) is 8.33. The zero-order valence-corrected chi connectivity index (χ0v) is 20.2. The Bertz CT molecular complexity index is 953. The van der Waals surface area contributed by atoms with Crippen LogP contribution in [0, 0.1) is 5.82 Å². The number of carbonyl (C=O) groups excluding carboxylic acids is 3. The van der Waals surface area contributed by atoms with Crippen LogP contribution in [0.15, 0.2) is 35.5 Å². The van der Waals surface area contributed by atoms with Gasteiger partial charge in [-0.2, -0.15) is 0 Å². The quantitative estimate of drug-likeness (QED) is 0.577. The molecule has 10 heteroatoms. The molecule has 0 radical (unpaired) electrons. The van der Waals surface area contributed by atoms with Crippen LogP contribution in [-0.4, -0.2) is 91.7 Å². The molecule has 3 amide bonds. The number of halogens is 1. The third-order valence-electron chi connectivity index (χ3n) is 6.14. The van der Waals surface area contributed by atoms with Gasteiger partial charge in [0.15, 0.2) is 0 Å². The Morgan fingerprint density at radius 1 is 1.21 bits per heavy atom. The van der Waals surface area contributed by atoms with Gasteiger partial charge in [0, 0.05) is 57.1 Å². The van der Waals surface area contributed by atoms with E-state index in [9.17, 15) is 18.8 Å². The van der Waals surface area contributed by atoms with Crippen molar-refractivity contribution in [3.63, 3.8) is 0 Å². The smallest absolute Gasteiger partial charge is 0.338 e. The second kappa shape index (κ2) is 11.4. The molecule has 2 aliphatic heterocycles. The highest BCUT2D eigenvalue weighted by molar-refractivity contribution is 5.95. The van der Waals surface area contributed by atoms with Crippen molar-refractivity contribution in [3.8, 4) is 0 Å². The van der Waals surface area contributed by atoms with E-state index in [1.54, 1.807) is 30.0 Å². The van der Waals surface area contributed by atoms with Crippen molar-refractivity contribution < 1.29 is 28.2 Å². The van der Waals surface area contributed by atoms with Crippen LogP contribution in [0.25, 0.3) is 0 Å². The molecule has 2 atom stereocenters. The number of esters is 1. The molecule has 0 aliphatic carbocycles. The molecule has 0 aromatic heterocycles. The van der Waals surface area contributed by atoms with Gasteiger partial charge in [-0.25, -0.2) is 14.0 Å². The molecule has 2 aliphatic rings. The largest absolute Gasteiger partial charge is 0.463 e. The Kier molecular flexibility index (Phi) is 8.62. The minimum absolute atomic E-state index is 0.0244. The normalized spacial score (nSPS) is 21.5. The number of methoxy groups -OCH3 is 1. The molecule has 1 aromatic rings. The van der Waals surface area contributed by atoms with E-state index in [1.165, 1.54) is 18.1 Å². The lowest BCUT2D eigenvalue weighted by Gasteiger charge is -2.42. The zero-order valence-electron chi connectivity index (χ0n) is 20.2. The zero-order chi connectivity index (χ0) is 24.8. The van der Waals surface area contributed by atoms with Gasteiger partial charge in [0.2, 0.25) is 5.91 Å². The minimum atomic E-state index is -0.965. The van der Waals surface area contributed by atoms with E-state index in [1.807, 2.05) is 13.8 Å². The number of benzene rings is 1. The molecule has 1 aromatic carbocycles. The first kappa shape index (κ1) is 25.6. The molecule has 2 heterocycles. The van der Waals surface area contributed by atoms with E-state index in [-0.39, 0.29) is 42.8 Å². The van der Waals surface area contributed by atoms with Gasteiger partial charge in [0.05, 0.1) is 18.2 Å². The SMILES string of the molecule is CCOC(=O)C1=C(CN2CCN(C(=O)COC)C(C)C2)N(CC)C(=O)NC1c1ccccc1F. The number of likely N-dealkylation sites (N-methyl/N-ethyl adjacent to an activating group) is 1. The third-order valence-corrected chi connectivity index (χ3v) is 6.14. The van der Waals surface area contributed by atoms with Crippen LogP contribution in [-0.2, 0) is 19.1 Å². The van der Waals surface area contributed by atoms with Crippen molar-refractivity contribution in [2.24, 2.45) is 0 Å². The number of hydrogen-bond donors (Lipinski definition) is 1. The molecule has 34 heavy (non-hydrogen) atoms. The van der Waals surface area contributed by atoms with Crippen LogP contribution in [0.1, 0.15) is 32.4 Å². The average Bonchev–Trinajstić information content (AvgIpc) is 2.79. The first-order valence-corrected chi connectivity index (χ1v) is 11.6. The number of nitrogens with one attached hydrogen (secondary N) is 1. The Hall–Kier alpha value is -2.98. The number of rotatable bonds is 8. The molecular formula is C24H33FN4O5. The second-order valence-corrected chi connectivity index (χ2v) is 8.33. The molecule has 2 unspecified atom stereocenters. The first-order valence-electron chi connectivity index (χ1n) is 11.6. The van der Waals surface area contributed by atoms with Gasteiger partial charge in [-0.15, -0.1) is 0 Å². The van der Waals surface area contributed by atoms with Crippen molar-refractivity contribution in [1.29, 1.82) is 0 Å². The Morgan fingerprint density at radius 3 is 2.56 bits per heavy atom. The number of nitrogens with zero attached hydrogens (tertiary/aromatic N) is 3. The van der Waals surface area contributed by atoms with Crippen LogP contribution in [0.3, 0.4) is 0 Å². The topological polar surface area (TPSA) is 91.4 Å². The lowest BCUT2D eigenvalue weighted by atomic mass is 9.93. The maximum Gasteiger partial charge on any atom is 0.338 e. The van der Waals surface area contributed by atoms with Gasteiger partial charge in [-0.1, -0.05) is 18.2 Å². The summed E-state index contributed by atoms with van der Waals surface area (Å²) in [4.78, 5) is 43.8. The summed E-state index contributed by atoms with van der Waals surface area (Å²) in [5.41, 5.74) is 0.913. The number of ether oxygens (including phenoxy) is 2. The first-order chi connectivity index (χ1) is 16.3. The maximum atomic E-state index is 14.7. The summed E-state index contributed by atoms with van der Waals surface area (Å²) in [7, 11) is 1.49. The molecule has 1 N–H and O–H groups in total. The monoisotopic (exact) mass is 476 g/mol.